The molecule has 3 rings (SSSR count). The molecule has 0 unspecified atom stereocenters. The van der Waals surface area contributed by atoms with Gasteiger partial charge in [-0.15, -0.1) is 5.10 Å². The Hall–Kier alpha value is -0.920. The van der Waals surface area contributed by atoms with E-state index in [2.05, 4.69) is 47.5 Å². The van der Waals surface area contributed by atoms with Crippen LogP contribution in [0.25, 0.3) is 5.69 Å². The minimum Gasteiger partial charge on any atom is -0.495 e. The van der Waals surface area contributed by atoms with E-state index in [9.17, 15) is 0 Å². The number of nitrogens with one attached hydrogen (secondary N) is 1. The highest BCUT2D eigenvalue weighted by atomic mass is 79.9. The molecule has 106 valence electrons. The third kappa shape index (κ3) is 3.05. The Labute approximate surface area is 134 Å². The number of nitrogens with zero attached hydrogens (tertiary/aromatic N) is 3. The molecule has 0 amide bonds. The zero-order valence-corrected chi connectivity index (χ0v) is 14.1. The maximum Gasteiger partial charge on any atom is 0.135 e. The topological polar surface area (TPSA) is 52.0 Å². The fourth-order valence-corrected chi connectivity index (χ4v) is 3.22. The number of rotatable bonds is 5. The van der Waals surface area contributed by atoms with Gasteiger partial charge in [0.1, 0.15) is 5.75 Å². The number of ether oxygens (including phenoxy) is 1. The number of hydrogen-bond acceptors (Lipinski definition) is 4. The summed E-state index contributed by atoms with van der Waals surface area (Å²) in [5.41, 5.74) is 1.83. The van der Waals surface area contributed by atoms with E-state index in [4.69, 9.17) is 4.74 Å². The van der Waals surface area contributed by atoms with Crippen molar-refractivity contribution in [3.8, 4) is 11.4 Å². The second-order valence-corrected chi connectivity index (χ2v) is 6.46. The van der Waals surface area contributed by atoms with Crippen molar-refractivity contribution in [2.75, 3.05) is 7.11 Å². The molecule has 0 aliphatic heterocycles. The van der Waals surface area contributed by atoms with Crippen molar-refractivity contribution in [2.45, 2.75) is 25.4 Å². The summed E-state index contributed by atoms with van der Waals surface area (Å²) in [7, 11) is 1.64. The van der Waals surface area contributed by atoms with E-state index in [-0.39, 0.29) is 0 Å². The maximum absolute atomic E-state index is 5.31. The SMILES string of the molecule is COc1cc(-n2cc(CNC3CC3)nn2)c(Br)cc1Br. The molecule has 20 heavy (non-hydrogen) atoms. The smallest absolute Gasteiger partial charge is 0.135 e. The lowest BCUT2D eigenvalue weighted by molar-refractivity contribution is 0.411. The summed E-state index contributed by atoms with van der Waals surface area (Å²) in [6.45, 7) is 0.760. The minimum absolute atomic E-state index is 0.666. The molecule has 1 saturated carbocycles. The van der Waals surface area contributed by atoms with Gasteiger partial charge in [-0.25, -0.2) is 4.68 Å². The minimum atomic E-state index is 0.666. The molecular weight excluding hydrogens is 388 g/mol. The Morgan fingerprint density at radius 3 is 2.85 bits per heavy atom. The molecule has 7 heteroatoms. The molecular formula is C13H14Br2N4O. The lowest BCUT2D eigenvalue weighted by atomic mass is 10.3. The van der Waals surface area contributed by atoms with Crippen LogP contribution in [0.1, 0.15) is 18.5 Å². The van der Waals surface area contributed by atoms with E-state index in [1.165, 1.54) is 12.8 Å². The van der Waals surface area contributed by atoms with Gasteiger partial charge in [-0.1, -0.05) is 5.21 Å². The highest BCUT2D eigenvalue weighted by molar-refractivity contribution is 9.11. The molecule has 1 aromatic carbocycles. The zero-order chi connectivity index (χ0) is 14.1. The summed E-state index contributed by atoms with van der Waals surface area (Å²) >= 11 is 7.00. The van der Waals surface area contributed by atoms with Gasteiger partial charge < -0.3 is 10.1 Å². The number of methoxy groups -OCH3 is 1. The molecule has 1 aromatic heterocycles. The Morgan fingerprint density at radius 1 is 1.35 bits per heavy atom. The van der Waals surface area contributed by atoms with Crippen LogP contribution >= 0.6 is 31.9 Å². The summed E-state index contributed by atoms with van der Waals surface area (Å²) < 4.78 is 8.89. The van der Waals surface area contributed by atoms with Crippen molar-refractivity contribution in [1.82, 2.24) is 20.3 Å². The van der Waals surface area contributed by atoms with Crippen LogP contribution in [0.3, 0.4) is 0 Å². The Bertz CT molecular complexity index is 625. The first-order chi connectivity index (χ1) is 9.67. The van der Waals surface area contributed by atoms with Gasteiger partial charge in [0, 0.05) is 23.1 Å². The van der Waals surface area contributed by atoms with Gasteiger partial charge in [0.2, 0.25) is 0 Å². The molecule has 0 bridgehead atoms. The molecule has 1 N–H and O–H groups in total. The van der Waals surface area contributed by atoms with Crippen molar-refractivity contribution in [3.63, 3.8) is 0 Å². The van der Waals surface area contributed by atoms with Crippen molar-refractivity contribution < 1.29 is 4.74 Å². The normalized spacial score (nSPS) is 14.6. The van der Waals surface area contributed by atoms with Gasteiger partial charge in [-0.3, -0.25) is 0 Å². The van der Waals surface area contributed by atoms with Crippen molar-refractivity contribution in [1.29, 1.82) is 0 Å². The van der Waals surface area contributed by atoms with E-state index in [0.29, 0.717) is 6.04 Å². The van der Waals surface area contributed by atoms with Crippen LogP contribution in [0.2, 0.25) is 0 Å². The summed E-state index contributed by atoms with van der Waals surface area (Å²) in [6.07, 6.45) is 4.47. The lowest BCUT2D eigenvalue weighted by Crippen LogP contribution is -2.15. The van der Waals surface area contributed by atoms with Gasteiger partial charge in [0.05, 0.1) is 29.2 Å². The first-order valence-corrected chi connectivity index (χ1v) is 7.94. The van der Waals surface area contributed by atoms with Gasteiger partial charge in [-0.05, 0) is 50.8 Å². The fourth-order valence-electron chi connectivity index (χ4n) is 1.88. The van der Waals surface area contributed by atoms with E-state index in [0.717, 1.165) is 32.6 Å². The van der Waals surface area contributed by atoms with E-state index < -0.39 is 0 Å². The van der Waals surface area contributed by atoms with E-state index in [1.54, 1.807) is 11.8 Å². The van der Waals surface area contributed by atoms with Crippen LogP contribution in [0.5, 0.6) is 5.75 Å². The van der Waals surface area contributed by atoms with Gasteiger partial charge in [-0.2, -0.15) is 0 Å². The summed E-state index contributed by atoms with van der Waals surface area (Å²) in [5, 5.41) is 11.8. The van der Waals surface area contributed by atoms with Crippen LogP contribution in [0, 0.1) is 0 Å². The predicted octanol–water partition coefficient (Wildman–Crippen LogP) is 3.05. The highest BCUT2D eigenvalue weighted by Gasteiger charge is 2.20. The molecule has 1 fully saturated rings. The number of benzene rings is 1. The maximum atomic E-state index is 5.31. The molecule has 0 spiro atoms. The first-order valence-electron chi connectivity index (χ1n) is 6.35. The van der Waals surface area contributed by atoms with E-state index >= 15 is 0 Å². The standard InChI is InChI=1S/C13H14Br2N4O/c1-20-13-5-12(10(14)4-11(13)15)19-7-9(17-18-19)6-16-8-2-3-8/h4-5,7-8,16H,2-3,6H2,1H3. The average Bonchev–Trinajstić information content (AvgIpc) is 3.15. The van der Waals surface area contributed by atoms with Crippen LogP contribution in [-0.2, 0) is 6.54 Å². The summed E-state index contributed by atoms with van der Waals surface area (Å²) in [6, 6.07) is 4.53. The molecule has 1 aliphatic rings. The zero-order valence-electron chi connectivity index (χ0n) is 10.9. The van der Waals surface area contributed by atoms with Crippen LogP contribution in [0.15, 0.2) is 27.3 Å². The molecule has 0 saturated heterocycles. The third-order valence-corrected chi connectivity index (χ3v) is 4.41. The Morgan fingerprint density at radius 2 is 2.15 bits per heavy atom. The Kier molecular flexibility index (Phi) is 4.09. The third-order valence-electron chi connectivity index (χ3n) is 3.16. The second kappa shape index (κ2) is 5.83. The molecule has 0 atom stereocenters. The fraction of sp³-hybridized carbons (Fsp3) is 0.385. The van der Waals surface area contributed by atoms with Crippen molar-refractivity contribution in [2.24, 2.45) is 0 Å². The predicted molar refractivity (Wildman–Crippen MR) is 83.2 cm³/mol. The van der Waals surface area contributed by atoms with Crippen LogP contribution < -0.4 is 10.1 Å². The number of aromatic nitrogens is 3. The molecule has 1 aliphatic carbocycles. The van der Waals surface area contributed by atoms with Crippen molar-refractivity contribution >= 4 is 31.9 Å². The van der Waals surface area contributed by atoms with Crippen LogP contribution in [-0.4, -0.2) is 28.1 Å². The summed E-state index contributed by atoms with van der Waals surface area (Å²) in [5.74, 6) is 0.761. The first kappa shape index (κ1) is 14.0. The Balaban J connectivity index is 1.84. The monoisotopic (exact) mass is 400 g/mol. The van der Waals surface area contributed by atoms with Gasteiger partial charge >= 0.3 is 0 Å². The largest absolute Gasteiger partial charge is 0.495 e. The van der Waals surface area contributed by atoms with Gasteiger partial charge in [0.25, 0.3) is 0 Å². The molecule has 1 heterocycles. The molecule has 0 radical (unpaired) electrons. The second-order valence-electron chi connectivity index (χ2n) is 4.75. The number of halogens is 2. The summed E-state index contributed by atoms with van der Waals surface area (Å²) in [4.78, 5) is 0. The molecule has 2 aromatic rings. The quantitative estimate of drug-likeness (QED) is 0.836. The highest BCUT2D eigenvalue weighted by Crippen LogP contribution is 2.33. The average molecular weight is 402 g/mol. The lowest BCUT2D eigenvalue weighted by Gasteiger charge is -2.08. The van der Waals surface area contributed by atoms with Crippen molar-refractivity contribution in [3.05, 3.63) is 33.0 Å². The number of hydrogen-bond donors (Lipinski definition) is 1. The van der Waals surface area contributed by atoms with E-state index in [1.807, 2.05) is 18.3 Å². The van der Waals surface area contributed by atoms with Crippen LogP contribution in [0.4, 0.5) is 0 Å². The van der Waals surface area contributed by atoms with Gasteiger partial charge in [0.15, 0.2) is 0 Å². The molecule has 5 nitrogen and oxygen atoms in total.